The Kier molecular flexibility index (Phi) is 6.90. The van der Waals surface area contributed by atoms with E-state index in [0.717, 1.165) is 4.90 Å². The second kappa shape index (κ2) is 9.58. The fraction of sp³-hybridized carbons (Fsp3) is 0.238. The molecule has 0 bridgehead atoms. The van der Waals surface area contributed by atoms with Crippen LogP contribution in [-0.2, 0) is 20.1 Å². The van der Waals surface area contributed by atoms with Crippen LogP contribution in [0.4, 0.5) is 10.1 Å². The van der Waals surface area contributed by atoms with E-state index in [1.807, 2.05) is 12.1 Å². The first-order valence-corrected chi connectivity index (χ1v) is 9.97. The number of hydrogen-bond donors (Lipinski definition) is 2. The predicted molar refractivity (Wildman–Crippen MR) is 109 cm³/mol. The normalized spacial score (nSPS) is 13.8. The number of para-hydroxylation sites is 1. The number of aliphatic hydroxyl groups excluding tert-OH is 1. The summed E-state index contributed by atoms with van der Waals surface area (Å²) in [5.41, 5.74) is 1.54. The molecule has 29 heavy (non-hydrogen) atoms. The van der Waals surface area contributed by atoms with Gasteiger partial charge in [-0.3, -0.25) is 4.79 Å². The number of nitrogens with zero attached hydrogens (tertiary/aromatic N) is 1. The molecule has 0 atom stereocenters. The van der Waals surface area contributed by atoms with Gasteiger partial charge >= 0.3 is 5.97 Å². The number of hydrogen-bond acceptors (Lipinski definition) is 6. The lowest BCUT2D eigenvalue weighted by atomic mass is 10.2. The number of esters is 1. The zero-order valence-electron chi connectivity index (χ0n) is 15.9. The third kappa shape index (κ3) is 4.78. The largest absolute Gasteiger partial charge is 0.466 e. The van der Waals surface area contributed by atoms with E-state index in [0.29, 0.717) is 17.0 Å². The molecule has 0 aromatic heterocycles. The van der Waals surface area contributed by atoms with Gasteiger partial charge < -0.3 is 20.1 Å². The molecule has 0 aliphatic carbocycles. The molecule has 2 aromatic rings. The first-order chi connectivity index (χ1) is 14.0. The van der Waals surface area contributed by atoms with Gasteiger partial charge in [-0.2, -0.15) is 0 Å². The van der Waals surface area contributed by atoms with Crippen molar-refractivity contribution in [3.05, 3.63) is 71.2 Å². The van der Waals surface area contributed by atoms with Gasteiger partial charge in [-0.1, -0.05) is 30.3 Å². The number of thioether (sulfide) groups is 1. The van der Waals surface area contributed by atoms with E-state index in [-0.39, 0.29) is 42.7 Å². The second-order valence-corrected chi connectivity index (χ2v) is 7.31. The number of halogens is 1. The number of carbonyl (C=O) groups is 2. The van der Waals surface area contributed by atoms with Crippen LogP contribution in [0.5, 0.6) is 0 Å². The van der Waals surface area contributed by atoms with Gasteiger partial charge in [0.1, 0.15) is 11.5 Å². The van der Waals surface area contributed by atoms with Crippen molar-refractivity contribution in [1.82, 2.24) is 4.90 Å². The van der Waals surface area contributed by atoms with Crippen LogP contribution in [0.25, 0.3) is 0 Å². The first-order valence-electron chi connectivity index (χ1n) is 8.99. The summed E-state index contributed by atoms with van der Waals surface area (Å²) in [5.74, 6) is -0.836. The monoisotopic (exact) mass is 416 g/mol. The summed E-state index contributed by atoms with van der Waals surface area (Å²) in [7, 11) is 1.25. The summed E-state index contributed by atoms with van der Waals surface area (Å²) in [6, 6.07) is 13.9. The molecular weight excluding hydrogens is 395 g/mol. The average Bonchev–Trinajstić information content (AvgIpc) is 3.04. The number of methoxy groups -OCH3 is 1. The molecule has 0 spiro atoms. The molecule has 3 rings (SSSR count). The van der Waals surface area contributed by atoms with Crippen molar-refractivity contribution in [1.29, 1.82) is 0 Å². The van der Waals surface area contributed by atoms with Gasteiger partial charge in [0.15, 0.2) is 0 Å². The highest BCUT2D eigenvalue weighted by atomic mass is 32.2. The topological polar surface area (TPSA) is 78.9 Å². The number of aliphatic hydroxyl groups is 1. The van der Waals surface area contributed by atoms with Gasteiger partial charge in [-0.05, 0) is 23.8 Å². The maximum atomic E-state index is 13.9. The highest BCUT2D eigenvalue weighted by molar-refractivity contribution is 7.98. The highest BCUT2D eigenvalue weighted by Gasteiger charge is 2.34. The SMILES string of the molecule is COC(=O)C1=C(Nc2ccccc2SCc2ccccc2F)C(=O)N(CCO)C1. The minimum Gasteiger partial charge on any atom is -0.466 e. The van der Waals surface area contributed by atoms with E-state index < -0.39 is 5.97 Å². The Labute approximate surface area is 172 Å². The highest BCUT2D eigenvalue weighted by Crippen LogP contribution is 2.32. The van der Waals surface area contributed by atoms with E-state index in [1.165, 1.54) is 29.8 Å². The molecule has 152 valence electrons. The van der Waals surface area contributed by atoms with Crippen LogP contribution in [0, 0.1) is 5.82 Å². The zero-order valence-corrected chi connectivity index (χ0v) is 16.7. The molecular formula is C21H21FN2O4S. The molecule has 1 heterocycles. The van der Waals surface area contributed by atoms with Crippen molar-refractivity contribution >= 4 is 29.3 Å². The van der Waals surface area contributed by atoms with Crippen LogP contribution in [0.15, 0.2) is 64.7 Å². The fourth-order valence-corrected chi connectivity index (χ4v) is 3.94. The van der Waals surface area contributed by atoms with E-state index >= 15 is 0 Å². The molecule has 6 nitrogen and oxygen atoms in total. The van der Waals surface area contributed by atoms with Crippen LogP contribution in [0.2, 0.25) is 0 Å². The molecule has 1 aliphatic rings. The van der Waals surface area contributed by atoms with Crippen LogP contribution in [0.3, 0.4) is 0 Å². The Balaban J connectivity index is 1.84. The lowest BCUT2D eigenvalue weighted by Gasteiger charge is -2.16. The maximum absolute atomic E-state index is 13.9. The van der Waals surface area contributed by atoms with Gasteiger partial charge in [0.05, 0.1) is 31.5 Å². The van der Waals surface area contributed by atoms with E-state index in [9.17, 15) is 14.0 Å². The lowest BCUT2D eigenvalue weighted by molar-refractivity contribution is -0.136. The number of benzene rings is 2. The van der Waals surface area contributed by atoms with Gasteiger partial charge in [-0.15, -0.1) is 11.8 Å². The number of anilines is 1. The number of amides is 1. The molecule has 0 fully saturated rings. The predicted octanol–water partition coefficient (Wildman–Crippen LogP) is 2.79. The van der Waals surface area contributed by atoms with Gasteiger partial charge in [-0.25, -0.2) is 9.18 Å². The van der Waals surface area contributed by atoms with Crippen LogP contribution >= 0.6 is 11.8 Å². The number of β-amino-alcohol motifs (C(OH)–C–C–N with tert-alkyl or cyclic N) is 1. The number of ether oxygens (including phenoxy) is 1. The third-order valence-electron chi connectivity index (χ3n) is 4.44. The molecule has 8 heteroatoms. The van der Waals surface area contributed by atoms with Crippen LogP contribution in [0.1, 0.15) is 5.56 Å². The summed E-state index contributed by atoms with van der Waals surface area (Å²) in [6.45, 7) is -0.0182. The summed E-state index contributed by atoms with van der Waals surface area (Å²) in [6.07, 6.45) is 0. The van der Waals surface area contributed by atoms with E-state index in [4.69, 9.17) is 9.84 Å². The van der Waals surface area contributed by atoms with Gasteiger partial charge in [0.25, 0.3) is 5.91 Å². The Bertz CT molecular complexity index is 948. The molecule has 2 aromatic carbocycles. The summed E-state index contributed by atoms with van der Waals surface area (Å²) in [4.78, 5) is 27.0. The summed E-state index contributed by atoms with van der Waals surface area (Å²) >= 11 is 1.42. The molecule has 1 aliphatic heterocycles. The van der Waals surface area contributed by atoms with Crippen molar-refractivity contribution in [2.24, 2.45) is 0 Å². The van der Waals surface area contributed by atoms with Gasteiger partial charge in [0.2, 0.25) is 0 Å². The van der Waals surface area contributed by atoms with Gasteiger partial charge in [0, 0.05) is 17.2 Å². The van der Waals surface area contributed by atoms with E-state index in [2.05, 4.69) is 5.32 Å². The standard InChI is InChI=1S/C21H21FN2O4S/c1-28-21(27)15-12-24(10-11-25)20(26)19(15)23-17-8-4-5-9-18(17)29-13-14-6-2-3-7-16(14)22/h2-9,23,25H,10-13H2,1H3. The zero-order chi connectivity index (χ0) is 20.8. The molecule has 2 N–H and O–H groups in total. The van der Waals surface area contributed by atoms with Crippen molar-refractivity contribution in [3.8, 4) is 0 Å². The summed E-state index contributed by atoms with van der Waals surface area (Å²) < 4.78 is 18.7. The second-order valence-electron chi connectivity index (χ2n) is 6.30. The minimum atomic E-state index is -0.599. The Morgan fingerprint density at radius 2 is 1.97 bits per heavy atom. The number of nitrogens with one attached hydrogen (secondary N) is 1. The van der Waals surface area contributed by atoms with Crippen molar-refractivity contribution in [2.75, 3.05) is 32.1 Å². The van der Waals surface area contributed by atoms with Crippen molar-refractivity contribution < 1.29 is 23.8 Å². The van der Waals surface area contributed by atoms with E-state index in [1.54, 1.807) is 30.3 Å². The Hall–Kier alpha value is -2.84. The molecule has 0 saturated carbocycles. The van der Waals surface area contributed by atoms with Crippen molar-refractivity contribution in [2.45, 2.75) is 10.6 Å². The Morgan fingerprint density at radius 1 is 1.24 bits per heavy atom. The molecule has 0 radical (unpaired) electrons. The fourth-order valence-electron chi connectivity index (χ4n) is 2.95. The maximum Gasteiger partial charge on any atom is 0.337 e. The van der Waals surface area contributed by atoms with Crippen LogP contribution in [-0.4, -0.2) is 48.7 Å². The minimum absolute atomic E-state index is 0.0684. The Morgan fingerprint density at radius 3 is 2.69 bits per heavy atom. The average molecular weight is 416 g/mol. The third-order valence-corrected chi connectivity index (χ3v) is 5.56. The molecule has 1 amide bonds. The van der Waals surface area contributed by atoms with Crippen molar-refractivity contribution in [3.63, 3.8) is 0 Å². The smallest absolute Gasteiger partial charge is 0.337 e. The molecule has 0 saturated heterocycles. The summed E-state index contributed by atoms with van der Waals surface area (Å²) in [5, 5.41) is 12.2. The lowest BCUT2D eigenvalue weighted by Crippen LogP contribution is -2.31. The molecule has 0 unspecified atom stereocenters. The number of rotatable bonds is 8. The van der Waals surface area contributed by atoms with Crippen LogP contribution < -0.4 is 5.32 Å². The number of carbonyl (C=O) groups excluding carboxylic acids is 2. The quantitative estimate of drug-likeness (QED) is 0.509. The first kappa shape index (κ1) is 20.9.